The second-order valence-corrected chi connectivity index (χ2v) is 3.81. The molecule has 0 radical (unpaired) electrons. The molecular weight excluding hydrogens is 222 g/mol. The number of rotatable bonds is 5. The van der Waals surface area contributed by atoms with Crippen LogP contribution in [0.2, 0.25) is 0 Å². The van der Waals surface area contributed by atoms with Gasteiger partial charge in [-0.25, -0.2) is 4.79 Å². The predicted molar refractivity (Wildman–Crippen MR) is 59.2 cm³/mol. The number of benzene rings is 1. The molecule has 90 valence electrons. The number of hydrogen-bond donors (Lipinski definition) is 1. The van der Waals surface area contributed by atoms with Crippen LogP contribution < -0.4 is 5.48 Å². The van der Waals surface area contributed by atoms with E-state index in [1.807, 2.05) is 6.07 Å². The molecule has 5 heteroatoms. The Hall–Kier alpha value is -1.72. The molecule has 2 atom stereocenters. The van der Waals surface area contributed by atoms with Crippen LogP contribution in [0.15, 0.2) is 30.3 Å². The fraction of sp³-hybridized carbons (Fsp3) is 0.333. The third-order valence-corrected chi connectivity index (χ3v) is 2.38. The largest absolute Gasteiger partial charge is 0.368 e. The molecule has 17 heavy (non-hydrogen) atoms. The monoisotopic (exact) mass is 235 g/mol. The Balaban J connectivity index is 1.85. The van der Waals surface area contributed by atoms with E-state index in [4.69, 9.17) is 9.57 Å². The van der Waals surface area contributed by atoms with Gasteiger partial charge in [0, 0.05) is 5.56 Å². The molecule has 0 saturated carbocycles. The maximum atomic E-state index is 11.9. The fourth-order valence-corrected chi connectivity index (χ4v) is 1.30. The minimum absolute atomic E-state index is 0.130. The van der Waals surface area contributed by atoms with Crippen molar-refractivity contribution in [1.82, 2.24) is 5.48 Å². The lowest BCUT2D eigenvalue weighted by molar-refractivity contribution is -0.153. The average Bonchev–Trinajstić information content (AvgIpc) is 3.20. The van der Waals surface area contributed by atoms with Crippen LogP contribution in [0.5, 0.6) is 0 Å². The second kappa shape index (κ2) is 5.07. The summed E-state index contributed by atoms with van der Waals surface area (Å²) in [5.41, 5.74) is 3.00. The summed E-state index contributed by atoms with van der Waals surface area (Å²) in [6, 6.07) is 8.24. The van der Waals surface area contributed by atoms with Crippen LogP contribution in [0.4, 0.5) is 0 Å². The molecule has 5 nitrogen and oxygen atoms in total. The molecule has 2 unspecified atom stereocenters. The Bertz CT molecular complexity index is 414. The minimum Gasteiger partial charge on any atom is -0.368 e. The van der Waals surface area contributed by atoms with Crippen LogP contribution in [0, 0.1) is 0 Å². The molecule has 1 heterocycles. The summed E-state index contributed by atoms with van der Waals surface area (Å²) in [6.07, 6.45) is -0.471. The highest BCUT2D eigenvalue weighted by atomic mass is 16.7. The Morgan fingerprint density at radius 3 is 2.65 bits per heavy atom. The molecule has 1 fully saturated rings. The molecule has 0 spiro atoms. The van der Waals surface area contributed by atoms with Crippen LogP contribution in [-0.4, -0.2) is 30.5 Å². The van der Waals surface area contributed by atoms with E-state index in [1.54, 1.807) is 31.2 Å². The molecule has 1 aliphatic rings. The van der Waals surface area contributed by atoms with Gasteiger partial charge in [0.25, 0.3) is 0 Å². The predicted octanol–water partition coefficient (Wildman–Crippen LogP) is 0.704. The van der Waals surface area contributed by atoms with Crippen molar-refractivity contribution >= 4 is 11.8 Å². The number of Topliss-reactive ketones (excluding diaryl/α,β-unsaturated/α-hetero) is 1. The molecule has 1 aliphatic heterocycles. The standard InChI is InChI=1S/C12H13NO4/c1-8(13-17-12(15)10-7-16-10)11(14)9-5-3-2-4-6-9/h2-6,8,10,13H,7H2,1H3. The van der Waals surface area contributed by atoms with Crippen molar-refractivity contribution in [2.75, 3.05) is 6.61 Å². The fourth-order valence-electron chi connectivity index (χ4n) is 1.30. The first-order valence-corrected chi connectivity index (χ1v) is 5.35. The van der Waals surface area contributed by atoms with Crippen LogP contribution in [0.1, 0.15) is 17.3 Å². The second-order valence-electron chi connectivity index (χ2n) is 3.81. The minimum atomic E-state index is -0.583. The Morgan fingerprint density at radius 2 is 2.06 bits per heavy atom. The van der Waals surface area contributed by atoms with Gasteiger partial charge in [0.1, 0.15) is 6.04 Å². The number of hydrogen-bond acceptors (Lipinski definition) is 5. The molecule has 0 bridgehead atoms. The maximum Gasteiger partial charge on any atom is 0.356 e. The van der Waals surface area contributed by atoms with E-state index in [2.05, 4.69) is 5.48 Å². The number of nitrogens with one attached hydrogen (secondary N) is 1. The van der Waals surface area contributed by atoms with Gasteiger partial charge in [-0.1, -0.05) is 30.3 Å². The van der Waals surface area contributed by atoms with Gasteiger partial charge in [-0.05, 0) is 6.92 Å². The van der Waals surface area contributed by atoms with E-state index < -0.39 is 18.1 Å². The van der Waals surface area contributed by atoms with Gasteiger partial charge in [-0.2, -0.15) is 0 Å². The lowest BCUT2D eigenvalue weighted by Gasteiger charge is -2.11. The van der Waals surface area contributed by atoms with Crippen molar-refractivity contribution in [2.45, 2.75) is 19.1 Å². The van der Waals surface area contributed by atoms with E-state index in [9.17, 15) is 9.59 Å². The maximum absolute atomic E-state index is 11.9. The number of ketones is 1. The van der Waals surface area contributed by atoms with Gasteiger partial charge in [0.2, 0.25) is 0 Å². The Labute approximate surface area is 98.7 Å². The van der Waals surface area contributed by atoms with Crippen molar-refractivity contribution in [3.8, 4) is 0 Å². The van der Waals surface area contributed by atoms with Gasteiger partial charge in [0.05, 0.1) is 6.61 Å². The molecule has 1 saturated heterocycles. The van der Waals surface area contributed by atoms with Gasteiger partial charge in [-0.3, -0.25) is 4.79 Å². The lowest BCUT2D eigenvalue weighted by Crippen LogP contribution is -2.36. The topological polar surface area (TPSA) is 67.9 Å². The van der Waals surface area contributed by atoms with Crippen LogP contribution in [-0.2, 0) is 14.4 Å². The zero-order valence-corrected chi connectivity index (χ0v) is 9.38. The number of ether oxygens (including phenoxy) is 1. The van der Waals surface area contributed by atoms with Gasteiger partial charge >= 0.3 is 5.97 Å². The molecule has 1 N–H and O–H groups in total. The van der Waals surface area contributed by atoms with Crippen LogP contribution in [0.3, 0.4) is 0 Å². The number of epoxide rings is 1. The molecule has 0 amide bonds. The van der Waals surface area contributed by atoms with E-state index in [0.29, 0.717) is 12.2 Å². The lowest BCUT2D eigenvalue weighted by atomic mass is 10.1. The Morgan fingerprint density at radius 1 is 1.41 bits per heavy atom. The molecular formula is C12H13NO4. The smallest absolute Gasteiger partial charge is 0.356 e. The first-order valence-electron chi connectivity index (χ1n) is 5.35. The molecule has 0 aromatic heterocycles. The van der Waals surface area contributed by atoms with E-state index in [0.717, 1.165) is 0 Å². The average molecular weight is 235 g/mol. The van der Waals surface area contributed by atoms with Gasteiger partial charge < -0.3 is 9.57 Å². The highest BCUT2D eigenvalue weighted by Gasteiger charge is 2.33. The van der Waals surface area contributed by atoms with Crippen molar-refractivity contribution < 1.29 is 19.2 Å². The normalized spacial score (nSPS) is 19.5. The first-order chi connectivity index (χ1) is 8.18. The van der Waals surface area contributed by atoms with Crippen LogP contribution >= 0.6 is 0 Å². The summed E-state index contributed by atoms with van der Waals surface area (Å²) in [7, 11) is 0. The highest BCUT2D eigenvalue weighted by molar-refractivity contribution is 5.99. The quantitative estimate of drug-likeness (QED) is 0.462. The number of carbonyl (C=O) groups excluding carboxylic acids is 2. The summed E-state index contributed by atoms with van der Waals surface area (Å²) in [6.45, 7) is 2.03. The van der Waals surface area contributed by atoms with E-state index in [1.165, 1.54) is 0 Å². The zero-order valence-electron chi connectivity index (χ0n) is 9.38. The summed E-state index contributed by atoms with van der Waals surface area (Å²) >= 11 is 0. The first kappa shape index (κ1) is 11.8. The van der Waals surface area contributed by atoms with E-state index >= 15 is 0 Å². The van der Waals surface area contributed by atoms with Crippen molar-refractivity contribution in [3.63, 3.8) is 0 Å². The van der Waals surface area contributed by atoms with Crippen molar-refractivity contribution in [1.29, 1.82) is 0 Å². The third kappa shape index (κ3) is 3.12. The summed E-state index contributed by atoms with van der Waals surface area (Å²) < 4.78 is 4.75. The summed E-state index contributed by atoms with van der Waals surface area (Å²) in [5.74, 6) is -0.618. The van der Waals surface area contributed by atoms with Crippen LogP contribution in [0.25, 0.3) is 0 Å². The van der Waals surface area contributed by atoms with Gasteiger partial charge in [0.15, 0.2) is 11.9 Å². The summed E-state index contributed by atoms with van der Waals surface area (Å²) in [5, 5.41) is 0. The van der Waals surface area contributed by atoms with Gasteiger partial charge in [-0.15, -0.1) is 5.48 Å². The molecule has 1 aromatic carbocycles. The SMILES string of the molecule is CC(NOC(=O)C1CO1)C(=O)c1ccccc1. The number of carbonyl (C=O) groups is 2. The molecule has 1 aromatic rings. The van der Waals surface area contributed by atoms with Crippen molar-refractivity contribution in [2.24, 2.45) is 0 Å². The third-order valence-electron chi connectivity index (χ3n) is 2.38. The Kier molecular flexibility index (Phi) is 3.51. The molecule has 0 aliphatic carbocycles. The zero-order chi connectivity index (χ0) is 12.3. The van der Waals surface area contributed by atoms with Crippen molar-refractivity contribution in [3.05, 3.63) is 35.9 Å². The molecule has 2 rings (SSSR count). The highest BCUT2D eigenvalue weighted by Crippen LogP contribution is 2.10. The summed E-state index contributed by atoms with van der Waals surface area (Å²) in [4.78, 5) is 27.7. The van der Waals surface area contributed by atoms with E-state index in [-0.39, 0.29) is 5.78 Å². The number of hydroxylamine groups is 1.